The molecule has 1 aromatic rings. The number of ether oxygens (including phenoxy) is 1. The van der Waals surface area contributed by atoms with Gasteiger partial charge in [0.15, 0.2) is 0 Å². The third kappa shape index (κ3) is 4.67. The van der Waals surface area contributed by atoms with E-state index >= 15 is 0 Å². The number of carbonyl (C=O) groups is 1. The summed E-state index contributed by atoms with van der Waals surface area (Å²) in [5, 5.41) is 22.3. The van der Waals surface area contributed by atoms with E-state index < -0.39 is 10.9 Å². The SMILES string of the molecule is COc1ncnc(NCCCCCC(=O)O)c1[N+](=O)[O-]. The van der Waals surface area contributed by atoms with Crippen molar-refractivity contribution in [2.24, 2.45) is 0 Å². The van der Waals surface area contributed by atoms with Gasteiger partial charge >= 0.3 is 11.7 Å². The van der Waals surface area contributed by atoms with E-state index in [1.165, 1.54) is 13.4 Å². The predicted octanol–water partition coefficient (Wildman–Crippen LogP) is 1.45. The second kappa shape index (κ2) is 7.87. The van der Waals surface area contributed by atoms with Gasteiger partial charge in [-0.05, 0) is 12.8 Å². The van der Waals surface area contributed by atoms with E-state index in [-0.39, 0.29) is 23.8 Å². The van der Waals surface area contributed by atoms with Crippen LogP contribution in [0.15, 0.2) is 6.33 Å². The van der Waals surface area contributed by atoms with Crippen molar-refractivity contribution >= 4 is 17.5 Å². The van der Waals surface area contributed by atoms with Crippen molar-refractivity contribution in [1.82, 2.24) is 9.97 Å². The normalized spacial score (nSPS) is 10.1. The summed E-state index contributed by atoms with van der Waals surface area (Å²) in [6.45, 7) is 0.459. The Bertz CT molecular complexity index is 480. The zero-order chi connectivity index (χ0) is 15.0. The fraction of sp³-hybridized carbons (Fsp3) is 0.545. The number of hydrogen-bond donors (Lipinski definition) is 2. The number of nitrogens with one attached hydrogen (secondary N) is 1. The average molecular weight is 284 g/mol. The molecule has 0 spiro atoms. The van der Waals surface area contributed by atoms with E-state index in [9.17, 15) is 14.9 Å². The summed E-state index contributed by atoms with van der Waals surface area (Å²) >= 11 is 0. The van der Waals surface area contributed by atoms with Gasteiger partial charge in [0.1, 0.15) is 6.33 Å². The van der Waals surface area contributed by atoms with Gasteiger partial charge < -0.3 is 15.2 Å². The Labute approximate surface area is 115 Å². The smallest absolute Gasteiger partial charge is 0.372 e. The molecule has 0 bridgehead atoms. The molecule has 0 saturated carbocycles. The average Bonchev–Trinajstić information content (AvgIpc) is 2.41. The van der Waals surface area contributed by atoms with Crippen LogP contribution < -0.4 is 10.1 Å². The number of unbranched alkanes of at least 4 members (excludes halogenated alkanes) is 2. The van der Waals surface area contributed by atoms with Gasteiger partial charge in [0.25, 0.3) is 5.88 Å². The molecule has 0 fully saturated rings. The number of carboxylic acid groups (broad SMARTS) is 1. The van der Waals surface area contributed by atoms with Crippen LogP contribution in [0.4, 0.5) is 11.5 Å². The molecule has 20 heavy (non-hydrogen) atoms. The third-order valence-corrected chi connectivity index (χ3v) is 2.52. The number of carboxylic acids is 1. The number of nitro groups is 1. The zero-order valence-electron chi connectivity index (χ0n) is 11.0. The molecule has 0 saturated heterocycles. The van der Waals surface area contributed by atoms with Crippen molar-refractivity contribution in [2.45, 2.75) is 25.7 Å². The highest BCUT2D eigenvalue weighted by Gasteiger charge is 2.23. The van der Waals surface area contributed by atoms with Crippen LogP contribution in [0.25, 0.3) is 0 Å². The van der Waals surface area contributed by atoms with Gasteiger partial charge in [-0.3, -0.25) is 14.9 Å². The van der Waals surface area contributed by atoms with Gasteiger partial charge in [-0.25, -0.2) is 4.98 Å². The molecule has 0 radical (unpaired) electrons. The Balaban J connectivity index is 2.51. The van der Waals surface area contributed by atoms with E-state index in [0.29, 0.717) is 19.4 Å². The van der Waals surface area contributed by atoms with E-state index in [0.717, 1.165) is 6.42 Å². The Morgan fingerprint density at radius 1 is 1.45 bits per heavy atom. The van der Waals surface area contributed by atoms with Crippen LogP contribution in [0.5, 0.6) is 5.88 Å². The lowest BCUT2D eigenvalue weighted by Gasteiger charge is -2.07. The highest BCUT2D eigenvalue weighted by molar-refractivity contribution is 5.66. The Hall–Kier alpha value is -2.45. The van der Waals surface area contributed by atoms with Gasteiger partial charge in [-0.15, -0.1) is 0 Å². The number of aromatic nitrogens is 2. The minimum atomic E-state index is -0.825. The molecule has 0 amide bonds. The van der Waals surface area contributed by atoms with Gasteiger partial charge in [-0.1, -0.05) is 6.42 Å². The minimum absolute atomic E-state index is 0.0973. The molecule has 0 aliphatic carbocycles. The number of methoxy groups -OCH3 is 1. The van der Waals surface area contributed by atoms with Crippen LogP contribution in [0.1, 0.15) is 25.7 Å². The van der Waals surface area contributed by atoms with E-state index in [2.05, 4.69) is 15.3 Å². The molecule has 1 rings (SSSR count). The summed E-state index contributed by atoms with van der Waals surface area (Å²) in [5.41, 5.74) is -0.305. The maximum Gasteiger partial charge on any atom is 0.372 e. The van der Waals surface area contributed by atoms with Crippen molar-refractivity contribution in [3.05, 3.63) is 16.4 Å². The first-order chi connectivity index (χ1) is 9.56. The quantitative estimate of drug-likeness (QED) is 0.396. The number of nitrogens with zero attached hydrogens (tertiary/aromatic N) is 3. The number of aliphatic carboxylic acids is 1. The number of anilines is 1. The van der Waals surface area contributed by atoms with E-state index in [1.807, 2.05) is 0 Å². The fourth-order valence-corrected chi connectivity index (χ4v) is 1.59. The highest BCUT2D eigenvalue weighted by atomic mass is 16.6. The predicted molar refractivity (Wildman–Crippen MR) is 69.8 cm³/mol. The van der Waals surface area contributed by atoms with Crippen LogP contribution in [0, 0.1) is 10.1 Å². The van der Waals surface area contributed by atoms with Crippen LogP contribution in [0.3, 0.4) is 0 Å². The lowest BCUT2D eigenvalue weighted by molar-refractivity contribution is -0.385. The molecule has 0 atom stereocenters. The Morgan fingerprint density at radius 2 is 2.20 bits per heavy atom. The largest absolute Gasteiger partial charge is 0.481 e. The third-order valence-electron chi connectivity index (χ3n) is 2.52. The Morgan fingerprint density at radius 3 is 2.80 bits per heavy atom. The van der Waals surface area contributed by atoms with E-state index in [4.69, 9.17) is 9.84 Å². The van der Waals surface area contributed by atoms with Crippen molar-refractivity contribution in [2.75, 3.05) is 19.0 Å². The van der Waals surface area contributed by atoms with Gasteiger partial charge in [0.2, 0.25) is 5.82 Å². The number of rotatable bonds is 9. The second-order valence-electron chi connectivity index (χ2n) is 3.97. The summed E-state index contributed by atoms with van der Waals surface area (Å²) < 4.78 is 4.82. The lowest BCUT2D eigenvalue weighted by atomic mass is 10.2. The standard InChI is InChI=1S/C11H16N4O5/c1-20-11-9(15(18)19)10(13-7-14-11)12-6-4-2-3-5-8(16)17/h7H,2-6H2,1H3,(H,16,17)(H,12,13,14). The Kier molecular flexibility index (Phi) is 6.14. The summed E-state index contributed by atoms with van der Waals surface area (Å²) in [6.07, 6.45) is 3.29. The fourth-order valence-electron chi connectivity index (χ4n) is 1.59. The van der Waals surface area contributed by atoms with Crippen molar-refractivity contribution in [1.29, 1.82) is 0 Å². The van der Waals surface area contributed by atoms with Crippen LogP contribution in [-0.2, 0) is 4.79 Å². The summed E-state index contributed by atoms with van der Waals surface area (Å²) in [7, 11) is 1.30. The first-order valence-electron chi connectivity index (χ1n) is 6.05. The minimum Gasteiger partial charge on any atom is -0.481 e. The molecule has 0 aliphatic heterocycles. The monoisotopic (exact) mass is 284 g/mol. The van der Waals surface area contributed by atoms with Crippen molar-refractivity contribution in [3.63, 3.8) is 0 Å². The van der Waals surface area contributed by atoms with Crippen molar-refractivity contribution in [3.8, 4) is 5.88 Å². The summed E-state index contributed by atoms with van der Waals surface area (Å²) in [5.74, 6) is -0.826. The zero-order valence-corrected chi connectivity index (χ0v) is 11.0. The molecule has 0 aromatic carbocycles. The summed E-state index contributed by atoms with van der Waals surface area (Å²) in [6, 6.07) is 0. The molecule has 9 nitrogen and oxygen atoms in total. The van der Waals surface area contributed by atoms with Crippen LogP contribution in [-0.4, -0.2) is 39.6 Å². The first-order valence-corrected chi connectivity index (χ1v) is 6.05. The maximum absolute atomic E-state index is 11.0. The topological polar surface area (TPSA) is 127 Å². The molecular weight excluding hydrogens is 268 g/mol. The molecule has 1 aromatic heterocycles. The molecule has 1 heterocycles. The molecule has 0 aliphatic rings. The first kappa shape index (κ1) is 15.6. The molecule has 110 valence electrons. The number of hydrogen-bond acceptors (Lipinski definition) is 7. The lowest BCUT2D eigenvalue weighted by Crippen LogP contribution is -2.08. The van der Waals surface area contributed by atoms with Crippen LogP contribution in [0.2, 0.25) is 0 Å². The van der Waals surface area contributed by atoms with Crippen molar-refractivity contribution < 1.29 is 19.6 Å². The molecular formula is C11H16N4O5. The molecule has 9 heteroatoms. The van der Waals surface area contributed by atoms with Gasteiger partial charge in [0.05, 0.1) is 12.0 Å². The molecule has 2 N–H and O–H groups in total. The maximum atomic E-state index is 11.0. The van der Waals surface area contributed by atoms with E-state index in [1.54, 1.807) is 0 Å². The highest BCUT2D eigenvalue weighted by Crippen LogP contribution is 2.30. The summed E-state index contributed by atoms with van der Waals surface area (Å²) in [4.78, 5) is 28.2. The van der Waals surface area contributed by atoms with Gasteiger partial charge in [0, 0.05) is 13.0 Å². The van der Waals surface area contributed by atoms with Gasteiger partial charge in [-0.2, -0.15) is 4.98 Å². The molecule has 0 unspecified atom stereocenters. The van der Waals surface area contributed by atoms with Crippen LogP contribution >= 0.6 is 0 Å². The second-order valence-corrected chi connectivity index (χ2v) is 3.97.